The SMILES string of the molecule is C[C@@H](O)c1cccc(OCc2ccc([N+](=O)[O-])c(F)c2)c1. The Hall–Kier alpha value is -2.47. The molecule has 0 amide bonds. The number of rotatable bonds is 5. The van der Waals surface area contributed by atoms with E-state index in [1.165, 1.54) is 6.07 Å². The van der Waals surface area contributed by atoms with Gasteiger partial charge in [0.25, 0.3) is 0 Å². The molecule has 0 unspecified atom stereocenters. The van der Waals surface area contributed by atoms with Gasteiger partial charge >= 0.3 is 5.69 Å². The first-order valence-corrected chi connectivity index (χ1v) is 6.31. The van der Waals surface area contributed by atoms with Crippen molar-refractivity contribution in [3.63, 3.8) is 0 Å². The third-order valence-corrected chi connectivity index (χ3v) is 2.95. The minimum atomic E-state index is -0.890. The van der Waals surface area contributed by atoms with Crippen LogP contribution in [0.15, 0.2) is 42.5 Å². The fourth-order valence-electron chi connectivity index (χ4n) is 1.82. The van der Waals surface area contributed by atoms with Crippen molar-refractivity contribution in [1.29, 1.82) is 0 Å². The third-order valence-electron chi connectivity index (χ3n) is 2.95. The second-order valence-corrected chi connectivity index (χ2v) is 4.58. The Balaban J connectivity index is 2.08. The molecule has 0 heterocycles. The summed E-state index contributed by atoms with van der Waals surface area (Å²) in [6.07, 6.45) is -0.606. The number of aliphatic hydroxyl groups excluding tert-OH is 1. The Morgan fingerprint density at radius 2 is 2.10 bits per heavy atom. The monoisotopic (exact) mass is 291 g/mol. The molecule has 0 aliphatic rings. The van der Waals surface area contributed by atoms with Gasteiger partial charge in [-0.15, -0.1) is 0 Å². The van der Waals surface area contributed by atoms with Crippen LogP contribution in [-0.4, -0.2) is 10.0 Å². The van der Waals surface area contributed by atoms with E-state index in [4.69, 9.17) is 4.74 Å². The molecule has 6 heteroatoms. The Bertz CT molecular complexity index is 658. The summed E-state index contributed by atoms with van der Waals surface area (Å²) < 4.78 is 19.0. The molecule has 0 saturated carbocycles. The summed E-state index contributed by atoms with van der Waals surface area (Å²) in [6, 6.07) is 10.5. The van der Waals surface area contributed by atoms with Crippen molar-refractivity contribution >= 4 is 5.69 Å². The summed E-state index contributed by atoms with van der Waals surface area (Å²) in [7, 11) is 0. The van der Waals surface area contributed by atoms with E-state index in [0.717, 1.165) is 12.1 Å². The first-order valence-electron chi connectivity index (χ1n) is 6.31. The predicted molar refractivity (Wildman–Crippen MR) is 74.5 cm³/mol. The molecule has 0 aliphatic carbocycles. The maximum absolute atomic E-state index is 13.5. The topological polar surface area (TPSA) is 72.6 Å². The number of hydrogen-bond donors (Lipinski definition) is 1. The minimum Gasteiger partial charge on any atom is -0.489 e. The number of halogens is 1. The van der Waals surface area contributed by atoms with Gasteiger partial charge < -0.3 is 9.84 Å². The lowest BCUT2D eigenvalue weighted by Crippen LogP contribution is -1.99. The van der Waals surface area contributed by atoms with Crippen molar-refractivity contribution < 1.29 is 19.2 Å². The largest absolute Gasteiger partial charge is 0.489 e. The normalized spacial score (nSPS) is 12.0. The molecule has 5 nitrogen and oxygen atoms in total. The Labute approximate surface area is 120 Å². The molecule has 0 fully saturated rings. The number of aliphatic hydroxyl groups is 1. The number of nitrogens with zero attached hydrogens (tertiary/aromatic N) is 1. The zero-order valence-electron chi connectivity index (χ0n) is 11.3. The number of ether oxygens (including phenoxy) is 1. The number of nitro benzene ring substituents is 1. The van der Waals surface area contributed by atoms with E-state index in [1.807, 2.05) is 0 Å². The number of nitro groups is 1. The van der Waals surface area contributed by atoms with Crippen molar-refractivity contribution in [2.45, 2.75) is 19.6 Å². The van der Waals surface area contributed by atoms with Crippen molar-refractivity contribution in [2.24, 2.45) is 0 Å². The van der Waals surface area contributed by atoms with Crippen LogP contribution in [0.1, 0.15) is 24.2 Å². The minimum absolute atomic E-state index is 0.0815. The highest BCUT2D eigenvalue weighted by atomic mass is 19.1. The second kappa shape index (κ2) is 6.32. The van der Waals surface area contributed by atoms with Gasteiger partial charge in [-0.1, -0.05) is 12.1 Å². The van der Waals surface area contributed by atoms with Gasteiger partial charge in [-0.25, -0.2) is 0 Å². The highest BCUT2D eigenvalue weighted by Gasteiger charge is 2.13. The molecular weight excluding hydrogens is 277 g/mol. The van der Waals surface area contributed by atoms with Gasteiger partial charge in [-0.3, -0.25) is 10.1 Å². The van der Waals surface area contributed by atoms with Crippen LogP contribution < -0.4 is 4.74 Å². The van der Waals surface area contributed by atoms with E-state index in [-0.39, 0.29) is 6.61 Å². The van der Waals surface area contributed by atoms with Gasteiger partial charge in [0.05, 0.1) is 11.0 Å². The van der Waals surface area contributed by atoms with Crippen molar-refractivity contribution in [1.82, 2.24) is 0 Å². The zero-order chi connectivity index (χ0) is 15.4. The molecule has 110 valence electrons. The van der Waals surface area contributed by atoms with E-state index in [1.54, 1.807) is 31.2 Å². The molecule has 2 rings (SSSR count). The summed E-state index contributed by atoms with van der Waals surface area (Å²) >= 11 is 0. The van der Waals surface area contributed by atoms with E-state index in [2.05, 4.69) is 0 Å². The van der Waals surface area contributed by atoms with Gasteiger partial charge in [0.2, 0.25) is 5.82 Å². The first kappa shape index (κ1) is 14.9. The van der Waals surface area contributed by atoms with Crippen molar-refractivity contribution in [3.05, 3.63) is 69.5 Å². The fraction of sp³-hybridized carbons (Fsp3) is 0.200. The summed E-state index contributed by atoms with van der Waals surface area (Å²) in [5, 5.41) is 20.0. The van der Waals surface area contributed by atoms with Crippen LogP contribution in [0.3, 0.4) is 0 Å². The van der Waals surface area contributed by atoms with Crippen LogP contribution in [0.25, 0.3) is 0 Å². The van der Waals surface area contributed by atoms with Crippen LogP contribution in [0.5, 0.6) is 5.75 Å². The molecule has 0 spiro atoms. The van der Waals surface area contributed by atoms with Gasteiger partial charge in [-0.05, 0) is 42.3 Å². The zero-order valence-corrected chi connectivity index (χ0v) is 11.3. The standard InChI is InChI=1S/C15H14FNO4/c1-10(18)12-3-2-4-13(8-12)21-9-11-5-6-15(17(19)20)14(16)7-11/h2-8,10,18H,9H2,1H3/t10-/m1/s1. The van der Waals surface area contributed by atoms with Crippen molar-refractivity contribution in [2.75, 3.05) is 0 Å². The lowest BCUT2D eigenvalue weighted by atomic mass is 10.1. The van der Waals surface area contributed by atoms with Crippen LogP contribution in [0.2, 0.25) is 0 Å². The molecular formula is C15H14FNO4. The second-order valence-electron chi connectivity index (χ2n) is 4.58. The average Bonchev–Trinajstić information content (AvgIpc) is 2.45. The lowest BCUT2D eigenvalue weighted by Gasteiger charge is -2.09. The average molecular weight is 291 g/mol. The van der Waals surface area contributed by atoms with Gasteiger partial charge in [0.15, 0.2) is 0 Å². The van der Waals surface area contributed by atoms with Crippen LogP contribution in [0.4, 0.5) is 10.1 Å². The molecule has 21 heavy (non-hydrogen) atoms. The van der Waals surface area contributed by atoms with E-state index in [9.17, 15) is 19.6 Å². The molecule has 1 N–H and O–H groups in total. The quantitative estimate of drug-likeness (QED) is 0.677. The Morgan fingerprint density at radius 1 is 1.33 bits per heavy atom. The summed E-state index contributed by atoms with van der Waals surface area (Å²) in [6.45, 7) is 1.73. The van der Waals surface area contributed by atoms with Crippen molar-refractivity contribution in [3.8, 4) is 5.75 Å². The summed E-state index contributed by atoms with van der Waals surface area (Å²) in [4.78, 5) is 9.75. The molecule has 0 radical (unpaired) electrons. The van der Waals surface area contributed by atoms with Gasteiger partial charge in [0.1, 0.15) is 12.4 Å². The number of hydrogen-bond acceptors (Lipinski definition) is 4. The Morgan fingerprint density at radius 3 is 2.71 bits per heavy atom. The number of benzene rings is 2. The van der Waals surface area contributed by atoms with E-state index < -0.39 is 22.5 Å². The van der Waals surface area contributed by atoms with Crippen LogP contribution in [-0.2, 0) is 6.61 Å². The molecule has 0 aromatic heterocycles. The van der Waals surface area contributed by atoms with E-state index in [0.29, 0.717) is 16.9 Å². The van der Waals surface area contributed by atoms with Gasteiger partial charge in [0, 0.05) is 6.07 Å². The smallest absolute Gasteiger partial charge is 0.304 e. The maximum atomic E-state index is 13.5. The fourth-order valence-corrected chi connectivity index (χ4v) is 1.82. The third kappa shape index (κ3) is 3.76. The predicted octanol–water partition coefficient (Wildman–Crippen LogP) is 3.37. The molecule has 0 bridgehead atoms. The highest BCUT2D eigenvalue weighted by molar-refractivity contribution is 5.35. The van der Waals surface area contributed by atoms with Crippen LogP contribution >= 0.6 is 0 Å². The summed E-state index contributed by atoms with van der Waals surface area (Å²) in [5.41, 5.74) is 0.637. The molecule has 1 atom stereocenters. The van der Waals surface area contributed by atoms with E-state index >= 15 is 0 Å². The lowest BCUT2D eigenvalue weighted by molar-refractivity contribution is -0.387. The maximum Gasteiger partial charge on any atom is 0.304 e. The highest BCUT2D eigenvalue weighted by Crippen LogP contribution is 2.21. The summed E-state index contributed by atoms with van der Waals surface area (Å²) in [5.74, 6) is -0.356. The molecule has 2 aromatic carbocycles. The van der Waals surface area contributed by atoms with Crippen LogP contribution in [0, 0.1) is 15.9 Å². The molecule has 0 aliphatic heterocycles. The van der Waals surface area contributed by atoms with Gasteiger partial charge in [-0.2, -0.15) is 4.39 Å². The molecule has 0 saturated heterocycles. The molecule has 2 aromatic rings. The Kier molecular flexibility index (Phi) is 4.49. The first-order chi connectivity index (χ1) is 9.97.